The first kappa shape index (κ1) is 17.0. The Morgan fingerprint density at radius 2 is 2.05 bits per heavy atom. The molecule has 0 aliphatic rings. The topological polar surface area (TPSA) is 58.7 Å². The zero-order valence-corrected chi connectivity index (χ0v) is 13.1. The highest BCUT2D eigenvalue weighted by molar-refractivity contribution is 5.33. The fourth-order valence-corrected chi connectivity index (χ4v) is 2.09. The summed E-state index contributed by atoms with van der Waals surface area (Å²) in [6, 6.07) is 8.47. The number of rotatable bonds is 8. The van der Waals surface area contributed by atoms with E-state index in [-0.39, 0.29) is 0 Å². The lowest BCUT2D eigenvalue weighted by molar-refractivity contribution is 0.0467. The summed E-state index contributed by atoms with van der Waals surface area (Å²) in [5.74, 6) is 0.932. The predicted molar refractivity (Wildman–Crippen MR) is 83.1 cm³/mol. The summed E-state index contributed by atoms with van der Waals surface area (Å²) >= 11 is 0. The molecule has 1 rings (SSSR count). The minimum atomic E-state index is -0.779. The van der Waals surface area contributed by atoms with Gasteiger partial charge >= 0.3 is 0 Å². The Hall–Kier alpha value is -1.10. The summed E-state index contributed by atoms with van der Waals surface area (Å²) in [7, 11) is 3.78. The fraction of sp³-hybridized carbons (Fsp3) is 0.625. The van der Waals surface area contributed by atoms with E-state index in [0.717, 1.165) is 18.7 Å². The van der Waals surface area contributed by atoms with Gasteiger partial charge in [0.05, 0.1) is 12.7 Å². The van der Waals surface area contributed by atoms with Crippen LogP contribution in [-0.2, 0) is 6.42 Å². The average Bonchev–Trinajstić information content (AvgIpc) is 2.45. The van der Waals surface area contributed by atoms with E-state index in [9.17, 15) is 5.11 Å². The number of likely N-dealkylation sites (N-methyl/N-ethyl adjacent to an activating group) is 1. The summed E-state index contributed by atoms with van der Waals surface area (Å²) in [5, 5.41) is 9.95. The summed E-state index contributed by atoms with van der Waals surface area (Å²) in [6.07, 6.45) is 1.60. The van der Waals surface area contributed by atoms with Crippen molar-refractivity contribution in [3.05, 3.63) is 29.8 Å². The highest BCUT2D eigenvalue weighted by Crippen LogP contribution is 2.20. The summed E-state index contributed by atoms with van der Waals surface area (Å²) in [6.45, 7) is 5.08. The number of methoxy groups -OCH3 is 1. The van der Waals surface area contributed by atoms with E-state index in [1.807, 2.05) is 18.2 Å². The maximum Gasteiger partial charge on any atom is 0.122 e. The standard InChI is InChI=1S/C16H28N2O2/c1-13(18(3)10-9-16(2,19)12-17)11-14-7-5-6-8-15(14)20-4/h5-8,13,19H,9-12,17H2,1-4H3. The molecule has 2 unspecified atom stereocenters. The van der Waals surface area contributed by atoms with Gasteiger partial charge in [-0.05, 0) is 45.4 Å². The molecule has 114 valence electrons. The van der Waals surface area contributed by atoms with Crippen molar-refractivity contribution in [2.45, 2.75) is 38.3 Å². The van der Waals surface area contributed by atoms with Gasteiger partial charge < -0.3 is 20.5 Å². The van der Waals surface area contributed by atoms with Crippen LogP contribution < -0.4 is 10.5 Å². The Labute approximate surface area is 122 Å². The monoisotopic (exact) mass is 280 g/mol. The van der Waals surface area contributed by atoms with Crippen molar-refractivity contribution in [3.8, 4) is 5.75 Å². The number of nitrogens with two attached hydrogens (primary N) is 1. The summed E-state index contributed by atoms with van der Waals surface area (Å²) in [4.78, 5) is 2.25. The van der Waals surface area contributed by atoms with Crippen LogP contribution in [0.5, 0.6) is 5.75 Å². The lowest BCUT2D eigenvalue weighted by atomic mass is 10.0. The van der Waals surface area contributed by atoms with Crippen molar-refractivity contribution in [2.24, 2.45) is 5.73 Å². The highest BCUT2D eigenvalue weighted by atomic mass is 16.5. The van der Waals surface area contributed by atoms with Crippen LogP contribution in [0.4, 0.5) is 0 Å². The number of benzene rings is 1. The molecule has 2 atom stereocenters. The van der Waals surface area contributed by atoms with Crippen molar-refractivity contribution in [2.75, 3.05) is 27.2 Å². The minimum absolute atomic E-state index is 0.293. The smallest absolute Gasteiger partial charge is 0.122 e. The molecule has 0 aromatic heterocycles. The van der Waals surface area contributed by atoms with Crippen LogP contribution in [0.2, 0.25) is 0 Å². The van der Waals surface area contributed by atoms with Crippen molar-refractivity contribution >= 4 is 0 Å². The number of ether oxygens (including phenoxy) is 1. The molecule has 0 fully saturated rings. The van der Waals surface area contributed by atoms with Gasteiger partial charge in [-0.25, -0.2) is 0 Å². The van der Waals surface area contributed by atoms with Crippen molar-refractivity contribution in [1.29, 1.82) is 0 Å². The van der Waals surface area contributed by atoms with Crippen LogP contribution in [-0.4, -0.2) is 48.9 Å². The van der Waals surface area contributed by atoms with Gasteiger partial charge in [-0.15, -0.1) is 0 Å². The zero-order valence-electron chi connectivity index (χ0n) is 13.1. The van der Waals surface area contributed by atoms with Gasteiger partial charge in [0.2, 0.25) is 0 Å². The fourth-order valence-electron chi connectivity index (χ4n) is 2.09. The van der Waals surface area contributed by atoms with E-state index in [0.29, 0.717) is 19.0 Å². The molecule has 20 heavy (non-hydrogen) atoms. The first-order valence-electron chi connectivity index (χ1n) is 7.14. The van der Waals surface area contributed by atoms with Crippen molar-refractivity contribution < 1.29 is 9.84 Å². The molecule has 0 radical (unpaired) electrons. The molecule has 0 bridgehead atoms. The molecular formula is C16H28N2O2. The Kier molecular flexibility index (Phi) is 6.46. The molecule has 4 heteroatoms. The predicted octanol–water partition coefficient (Wildman–Crippen LogP) is 1.66. The third-order valence-corrected chi connectivity index (χ3v) is 3.90. The first-order chi connectivity index (χ1) is 9.39. The maximum atomic E-state index is 9.95. The van der Waals surface area contributed by atoms with Gasteiger partial charge in [0.25, 0.3) is 0 Å². The molecule has 0 aliphatic carbocycles. The number of nitrogens with zero attached hydrogens (tertiary/aromatic N) is 1. The molecule has 1 aromatic rings. The van der Waals surface area contributed by atoms with Gasteiger partial charge in [0, 0.05) is 19.1 Å². The first-order valence-corrected chi connectivity index (χ1v) is 7.14. The van der Waals surface area contributed by atoms with E-state index in [4.69, 9.17) is 10.5 Å². The molecule has 0 saturated carbocycles. The van der Waals surface area contributed by atoms with Crippen LogP contribution in [0.3, 0.4) is 0 Å². The molecule has 1 aromatic carbocycles. The molecule has 3 N–H and O–H groups in total. The van der Waals surface area contributed by atoms with Crippen LogP contribution in [0, 0.1) is 0 Å². The number of para-hydroxylation sites is 1. The van der Waals surface area contributed by atoms with Gasteiger partial charge in [0.15, 0.2) is 0 Å². The molecular weight excluding hydrogens is 252 g/mol. The second kappa shape index (κ2) is 7.62. The third kappa shape index (κ3) is 5.12. The second-order valence-corrected chi connectivity index (χ2v) is 5.80. The van der Waals surface area contributed by atoms with Gasteiger partial charge in [-0.3, -0.25) is 0 Å². The van der Waals surface area contributed by atoms with E-state index in [2.05, 4.69) is 24.9 Å². The Balaban J connectivity index is 2.55. The Bertz CT molecular complexity index is 407. The number of aliphatic hydroxyl groups is 1. The molecule has 0 aliphatic heterocycles. The van der Waals surface area contributed by atoms with Crippen LogP contribution in [0.1, 0.15) is 25.8 Å². The van der Waals surface area contributed by atoms with Crippen molar-refractivity contribution in [1.82, 2.24) is 4.90 Å². The van der Waals surface area contributed by atoms with E-state index in [1.165, 1.54) is 5.56 Å². The van der Waals surface area contributed by atoms with Crippen LogP contribution in [0.15, 0.2) is 24.3 Å². The SMILES string of the molecule is COc1ccccc1CC(C)N(C)CCC(C)(O)CN. The Morgan fingerprint density at radius 3 is 2.65 bits per heavy atom. The average molecular weight is 280 g/mol. The largest absolute Gasteiger partial charge is 0.496 e. The van der Waals surface area contributed by atoms with Crippen molar-refractivity contribution in [3.63, 3.8) is 0 Å². The van der Waals surface area contributed by atoms with Gasteiger partial charge in [-0.1, -0.05) is 18.2 Å². The number of hydrogen-bond donors (Lipinski definition) is 2. The molecule has 0 amide bonds. The normalized spacial score (nSPS) is 15.9. The molecule has 0 heterocycles. The lowest BCUT2D eigenvalue weighted by Gasteiger charge is -2.29. The molecule has 0 spiro atoms. The van der Waals surface area contributed by atoms with Gasteiger partial charge in [-0.2, -0.15) is 0 Å². The molecule has 4 nitrogen and oxygen atoms in total. The second-order valence-electron chi connectivity index (χ2n) is 5.80. The van der Waals surface area contributed by atoms with E-state index in [1.54, 1.807) is 14.0 Å². The van der Waals surface area contributed by atoms with Gasteiger partial charge in [0.1, 0.15) is 5.75 Å². The summed E-state index contributed by atoms with van der Waals surface area (Å²) in [5.41, 5.74) is 5.97. The third-order valence-electron chi connectivity index (χ3n) is 3.90. The quantitative estimate of drug-likeness (QED) is 0.760. The zero-order chi connectivity index (χ0) is 15.2. The number of hydrogen-bond acceptors (Lipinski definition) is 4. The lowest BCUT2D eigenvalue weighted by Crippen LogP contribution is -2.40. The minimum Gasteiger partial charge on any atom is -0.496 e. The summed E-state index contributed by atoms with van der Waals surface area (Å²) < 4.78 is 5.38. The maximum absolute atomic E-state index is 9.95. The highest BCUT2D eigenvalue weighted by Gasteiger charge is 2.20. The molecule has 0 saturated heterocycles. The Morgan fingerprint density at radius 1 is 1.40 bits per heavy atom. The van der Waals surface area contributed by atoms with Crippen LogP contribution in [0.25, 0.3) is 0 Å². The van der Waals surface area contributed by atoms with E-state index >= 15 is 0 Å². The van der Waals surface area contributed by atoms with E-state index < -0.39 is 5.60 Å². The van der Waals surface area contributed by atoms with Crippen LogP contribution >= 0.6 is 0 Å².